The minimum atomic E-state index is -0.507. The smallest absolute Gasteiger partial charge is 0.355 e. The molecule has 0 atom stereocenters. The highest BCUT2D eigenvalue weighted by atomic mass is 16.5. The van der Waals surface area contributed by atoms with Crippen LogP contribution >= 0.6 is 0 Å². The standard InChI is InChI=1S/C13H17NO5/c1-4-19-13(17)12-8(2)9(10(7-15)14-12)5-6-11(16)18-3/h7,14H,4-6H2,1-3H3. The van der Waals surface area contributed by atoms with Crippen LogP contribution in [0.4, 0.5) is 0 Å². The third-order valence-electron chi connectivity index (χ3n) is 2.82. The molecule has 0 saturated heterocycles. The number of ether oxygens (including phenoxy) is 2. The molecule has 1 rings (SSSR count). The van der Waals surface area contributed by atoms with E-state index in [1.54, 1.807) is 13.8 Å². The maximum absolute atomic E-state index is 11.7. The largest absolute Gasteiger partial charge is 0.469 e. The van der Waals surface area contributed by atoms with Gasteiger partial charge in [-0.05, 0) is 31.4 Å². The quantitative estimate of drug-likeness (QED) is 0.622. The summed E-state index contributed by atoms with van der Waals surface area (Å²) in [4.78, 5) is 36.5. The van der Waals surface area contributed by atoms with Gasteiger partial charge in [0.2, 0.25) is 0 Å². The van der Waals surface area contributed by atoms with Crippen molar-refractivity contribution in [2.24, 2.45) is 0 Å². The Hall–Kier alpha value is -2.11. The van der Waals surface area contributed by atoms with Gasteiger partial charge in [-0.3, -0.25) is 9.59 Å². The van der Waals surface area contributed by atoms with Crippen LogP contribution in [-0.2, 0) is 20.7 Å². The van der Waals surface area contributed by atoms with Gasteiger partial charge < -0.3 is 14.5 Å². The third kappa shape index (κ3) is 3.43. The normalized spacial score (nSPS) is 10.1. The summed E-state index contributed by atoms with van der Waals surface area (Å²) < 4.78 is 9.44. The van der Waals surface area contributed by atoms with E-state index in [0.29, 0.717) is 29.5 Å². The molecule has 0 aromatic carbocycles. The molecule has 0 aliphatic heterocycles. The molecule has 0 radical (unpaired) electrons. The van der Waals surface area contributed by atoms with Gasteiger partial charge in [-0.25, -0.2) is 4.79 Å². The average molecular weight is 267 g/mol. The van der Waals surface area contributed by atoms with Crippen molar-refractivity contribution < 1.29 is 23.9 Å². The number of aromatic amines is 1. The maximum Gasteiger partial charge on any atom is 0.355 e. The molecule has 1 aromatic rings. The topological polar surface area (TPSA) is 85.5 Å². The van der Waals surface area contributed by atoms with E-state index in [0.717, 1.165) is 0 Å². The van der Waals surface area contributed by atoms with Crippen LogP contribution in [0, 0.1) is 6.92 Å². The number of carbonyl (C=O) groups is 3. The summed E-state index contributed by atoms with van der Waals surface area (Å²) in [6.45, 7) is 3.67. The van der Waals surface area contributed by atoms with Crippen LogP contribution in [0.25, 0.3) is 0 Å². The fourth-order valence-corrected chi connectivity index (χ4v) is 1.82. The lowest BCUT2D eigenvalue weighted by molar-refractivity contribution is -0.140. The number of aromatic nitrogens is 1. The van der Waals surface area contributed by atoms with E-state index in [4.69, 9.17) is 4.74 Å². The number of H-pyrrole nitrogens is 1. The number of methoxy groups -OCH3 is 1. The predicted octanol–water partition coefficient (Wildman–Crippen LogP) is 1.42. The number of rotatable bonds is 6. The van der Waals surface area contributed by atoms with Gasteiger partial charge in [-0.15, -0.1) is 0 Å². The minimum absolute atomic E-state index is 0.151. The number of hydrogen-bond donors (Lipinski definition) is 1. The van der Waals surface area contributed by atoms with E-state index in [2.05, 4.69) is 9.72 Å². The average Bonchev–Trinajstić information content (AvgIpc) is 2.72. The van der Waals surface area contributed by atoms with E-state index in [9.17, 15) is 14.4 Å². The van der Waals surface area contributed by atoms with E-state index in [-0.39, 0.29) is 24.7 Å². The van der Waals surface area contributed by atoms with Gasteiger partial charge in [0, 0.05) is 6.42 Å². The van der Waals surface area contributed by atoms with Crippen molar-refractivity contribution in [2.75, 3.05) is 13.7 Å². The number of esters is 2. The molecule has 0 amide bonds. The molecule has 0 aliphatic rings. The molecule has 0 spiro atoms. The lowest BCUT2D eigenvalue weighted by Crippen LogP contribution is -2.07. The summed E-state index contributed by atoms with van der Waals surface area (Å²) in [6.07, 6.45) is 1.11. The van der Waals surface area contributed by atoms with Crippen LogP contribution in [0.15, 0.2) is 0 Å². The first-order valence-corrected chi connectivity index (χ1v) is 5.95. The van der Waals surface area contributed by atoms with Crippen LogP contribution in [-0.4, -0.2) is 36.9 Å². The number of nitrogens with one attached hydrogen (secondary N) is 1. The van der Waals surface area contributed by atoms with Gasteiger partial charge in [0.15, 0.2) is 6.29 Å². The predicted molar refractivity (Wildman–Crippen MR) is 67.2 cm³/mol. The Balaban J connectivity index is 3.00. The van der Waals surface area contributed by atoms with Gasteiger partial charge in [0.1, 0.15) is 5.69 Å². The van der Waals surface area contributed by atoms with Crippen molar-refractivity contribution in [1.82, 2.24) is 4.98 Å². The van der Waals surface area contributed by atoms with Crippen molar-refractivity contribution in [1.29, 1.82) is 0 Å². The number of hydrogen-bond acceptors (Lipinski definition) is 5. The zero-order valence-electron chi connectivity index (χ0n) is 11.2. The van der Waals surface area contributed by atoms with Crippen LogP contribution in [0.5, 0.6) is 0 Å². The highest BCUT2D eigenvalue weighted by Crippen LogP contribution is 2.20. The molecule has 0 saturated carbocycles. The molecule has 1 N–H and O–H groups in total. The fraction of sp³-hybridized carbons (Fsp3) is 0.462. The molecule has 19 heavy (non-hydrogen) atoms. The molecule has 1 aromatic heterocycles. The lowest BCUT2D eigenvalue weighted by atomic mass is 10.0. The molecular weight excluding hydrogens is 250 g/mol. The highest BCUT2D eigenvalue weighted by Gasteiger charge is 2.20. The van der Waals surface area contributed by atoms with Crippen LogP contribution in [0.2, 0.25) is 0 Å². The van der Waals surface area contributed by atoms with Gasteiger partial charge in [-0.2, -0.15) is 0 Å². The Kier molecular flexibility index (Phi) is 5.29. The maximum atomic E-state index is 11.7. The van der Waals surface area contributed by atoms with Crippen LogP contribution in [0.3, 0.4) is 0 Å². The molecule has 6 heteroatoms. The lowest BCUT2D eigenvalue weighted by Gasteiger charge is -2.02. The van der Waals surface area contributed by atoms with E-state index >= 15 is 0 Å². The van der Waals surface area contributed by atoms with Crippen molar-refractivity contribution in [2.45, 2.75) is 26.7 Å². The summed E-state index contributed by atoms with van der Waals surface area (Å²) in [5.74, 6) is -0.873. The summed E-state index contributed by atoms with van der Waals surface area (Å²) in [5, 5.41) is 0. The van der Waals surface area contributed by atoms with E-state index in [1.807, 2.05) is 0 Å². The first kappa shape index (κ1) is 14.9. The Bertz CT molecular complexity index is 489. The zero-order chi connectivity index (χ0) is 14.4. The second kappa shape index (κ2) is 6.72. The molecule has 0 aliphatic carbocycles. The van der Waals surface area contributed by atoms with Gasteiger partial charge in [0.25, 0.3) is 0 Å². The van der Waals surface area contributed by atoms with Crippen molar-refractivity contribution >= 4 is 18.2 Å². The summed E-state index contributed by atoms with van der Waals surface area (Å²) >= 11 is 0. The minimum Gasteiger partial charge on any atom is -0.469 e. The Morgan fingerprint density at radius 1 is 1.37 bits per heavy atom. The fourth-order valence-electron chi connectivity index (χ4n) is 1.82. The van der Waals surface area contributed by atoms with Crippen LogP contribution in [0.1, 0.15) is 45.4 Å². The van der Waals surface area contributed by atoms with E-state index < -0.39 is 5.97 Å². The molecule has 0 unspecified atom stereocenters. The second-order valence-corrected chi connectivity index (χ2v) is 3.93. The third-order valence-corrected chi connectivity index (χ3v) is 2.82. The Morgan fingerprint density at radius 3 is 2.58 bits per heavy atom. The molecule has 0 fully saturated rings. The van der Waals surface area contributed by atoms with Gasteiger partial charge in [-0.1, -0.05) is 0 Å². The van der Waals surface area contributed by atoms with Crippen molar-refractivity contribution in [3.8, 4) is 0 Å². The monoisotopic (exact) mass is 267 g/mol. The summed E-state index contributed by atoms with van der Waals surface area (Å²) in [5.41, 5.74) is 1.82. The molecule has 6 nitrogen and oxygen atoms in total. The highest BCUT2D eigenvalue weighted by molar-refractivity contribution is 5.92. The zero-order valence-corrected chi connectivity index (χ0v) is 11.2. The molecule has 104 valence electrons. The second-order valence-electron chi connectivity index (χ2n) is 3.93. The summed E-state index contributed by atoms with van der Waals surface area (Å²) in [7, 11) is 1.30. The Labute approximate surface area is 111 Å². The number of carbonyl (C=O) groups excluding carboxylic acids is 3. The van der Waals surface area contributed by atoms with Gasteiger partial charge in [0.05, 0.1) is 19.4 Å². The molecular formula is C13H17NO5. The van der Waals surface area contributed by atoms with Gasteiger partial charge >= 0.3 is 11.9 Å². The van der Waals surface area contributed by atoms with Crippen molar-refractivity contribution in [3.05, 3.63) is 22.5 Å². The Morgan fingerprint density at radius 2 is 2.05 bits per heavy atom. The first-order valence-electron chi connectivity index (χ1n) is 5.95. The SMILES string of the molecule is CCOC(=O)c1[nH]c(C=O)c(CCC(=O)OC)c1C. The first-order chi connectivity index (χ1) is 9.04. The van der Waals surface area contributed by atoms with E-state index in [1.165, 1.54) is 7.11 Å². The number of aldehydes is 1. The molecule has 0 bridgehead atoms. The van der Waals surface area contributed by atoms with Crippen molar-refractivity contribution in [3.63, 3.8) is 0 Å². The van der Waals surface area contributed by atoms with Crippen LogP contribution < -0.4 is 0 Å². The molecule has 1 heterocycles. The summed E-state index contributed by atoms with van der Waals surface area (Å²) in [6, 6.07) is 0.